The van der Waals surface area contributed by atoms with Gasteiger partial charge in [-0.2, -0.15) is 5.26 Å². The van der Waals surface area contributed by atoms with Crippen molar-refractivity contribution < 1.29 is 18.4 Å². The number of aromatic nitrogens is 5. The number of nitrogens with zero attached hydrogens (tertiary/aromatic N) is 7. The third kappa shape index (κ3) is 4.79. The molecule has 4 aromatic heterocycles. The van der Waals surface area contributed by atoms with Crippen LogP contribution in [-0.4, -0.2) is 55.3 Å². The van der Waals surface area contributed by atoms with Gasteiger partial charge >= 0.3 is 5.76 Å². The molecule has 12 nitrogen and oxygen atoms in total. The van der Waals surface area contributed by atoms with Crippen molar-refractivity contribution in [2.24, 2.45) is 5.92 Å². The molecule has 0 radical (unpaired) electrons. The monoisotopic (exact) mass is 617 g/mol. The third-order valence-corrected chi connectivity index (χ3v) is 9.44. The van der Waals surface area contributed by atoms with Crippen molar-refractivity contribution in [2.45, 2.75) is 58.0 Å². The van der Waals surface area contributed by atoms with Gasteiger partial charge in [-0.1, -0.05) is 6.07 Å². The first-order valence-electron chi connectivity index (χ1n) is 15.7. The number of benzene rings is 1. The fraction of sp³-hybridized carbons (Fsp3) is 0.382. The summed E-state index contributed by atoms with van der Waals surface area (Å²) in [6, 6.07) is 10.9. The number of pyridine rings is 2. The lowest BCUT2D eigenvalue weighted by molar-refractivity contribution is 0.0639. The molecule has 3 aliphatic rings. The second-order valence-corrected chi connectivity index (χ2v) is 12.2. The van der Waals surface area contributed by atoms with Gasteiger partial charge in [0.25, 0.3) is 5.91 Å². The third-order valence-electron chi connectivity index (χ3n) is 9.44. The van der Waals surface area contributed by atoms with Crippen molar-refractivity contribution >= 4 is 17.0 Å². The van der Waals surface area contributed by atoms with E-state index < -0.39 is 5.76 Å². The van der Waals surface area contributed by atoms with Crippen molar-refractivity contribution in [2.75, 3.05) is 19.8 Å². The second-order valence-electron chi connectivity index (χ2n) is 12.2. The van der Waals surface area contributed by atoms with Crippen LogP contribution in [-0.2, 0) is 17.7 Å². The van der Waals surface area contributed by atoms with Gasteiger partial charge in [-0.05, 0) is 74.3 Å². The zero-order valence-corrected chi connectivity index (χ0v) is 25.4. The molecule has 0 spiro atoms. The molecule has 12 heteroatoms. The summed E-state index contributed by atoms with van der Waals surface area (Å²) in [5, 5.41) is 17.7. The Bertz CT molecular complexity index is 2080. The van der Waals surface area contributed by atoms with E-state index in [-0.39, 0.29) is 18.5 Å². The smallest absolute Gasteiger partial charge is 0.420 e. The van der Waals surface area contributed by atoms with E-state index in [2.05, 4.69) is 21.3 Å². The van der Waals surface area contributed by atoms with Crippen LogP contribution in [0.3, 0.4) is 0 Å². The molecule has 1 atom stereocenters. The van der Waals surface area contributed by atoms with Gasteiger partial charge in [-0.3, -0.25) is 19.3 Å². The molecule has 46 heavy (non-hydrogen) atoms. The zero-order chi connectivity index (χ0) is 31.4. The minimum absolute atomic E-state index is 0.0560. The number of rotatable bonds is 7. The molecule has 0 N–H and O–H groups in total. The maximum Gasteiger partial charge on any atom is 0.420 e. The molecule has 0 saturated carbocycles. The van der Waals surface area contributed by atoms with E-state index in [0.717, 1.165) is 56.7 Å². The normalized spacial score (nSPS) is 17.9. The van der Waals surface area contributed by atoms with Gasteiger partial charge in [0.2, 0.25) is 11.8 Å². The predicted octanol–water partition coefficient (Wildman–Crippen LogP) is 4.98. The molecule has 1 aromatic carbocycles. The molecule has 1 unspecified atom stereocenters. The average molecular weight is 618 g/mol. The Morgan fingerprint density at radius 3 is 2.65 bits per heavy atom. The molecular weight excluding hydrogens is 586 g/mol. The van der Waals surface area contributed by atoms with Gasteiger partial charge in [-0.15, -0.1) is 10.2 Å². The average Bonchev–Trinajstić information content (AvgIpc) is 3.86. The predicted molar refractivity (Wildman–Crippen MR) is 165 cm³/mol. The van der Waals surface area contributed by atoms with Gasteiger partial charge < -0.3 is 18.5 Å². The van der Waals surface area contributed by atoms with Gasteiger partial charge in [0.1, 0.15) is 6.07 Å². The molecule has 0 aliphatic carbocycles. The number of aryl methyl sites for hydroxylation is 2. The summed E-state index contributed by atoms with van der Waals surface area (Å²) in [7, 11) is 0. The summed E-state index contributed by atoms with van der Waals surface area (Å²) in [5.74, 6) is 0.666. The summed E-state index contributed by atoms with van der Waals surface area (Å²) >= 11 is 0. The Labute approximate surface area is 263 Å². The van der Waals surface area contributed by atoms with E-state index in [0.29, 0.717) is 75.3 Å². The van der Waals surface area contributed by atoms with E-state index >= 15 is 0 Å². The van der Waals surface area contributed by atoms with E-state index in [9.17, 15) is 9.59 Å². The first-order valence-corrected chi connectivity index (χ1v) is 15.7. The highest BCUT2D eigenvalue weighted by molar-refractivity contribution is 6.08. The number of nitriles is 1. The van der Waals surface area contributed by atoms with Crippen LogP contribution >= 0.6 is 0 Å². The molecule has 5 aromatic rings. The number of hydrogen-bond acceptors (Lipinski definition) is 10. The molecule has 2 fully saturated rings. The Morgan fingerprint density at radius 1 is 1.02 bits per heavy atom. The standard InChI is InChI=1S/C34H31N7O5/c1-19-38-39-32(45-19)29-24(8-5-20-10-13-44-14-11-20)37-31-26-3-2-12-40(26)33(42)30(31)28(29)22-6-9-25-27(15-22)46-34(43)41(25)18-23-7-4-21(16-35)17-36-23/h4,6-7,9,15,17,20,26H,2-3,5,8,10-14,18H2,1H3. The van der Waals surface area contributed by atoms with Crippen molar-refractivity contribution in [3.8, 4) is 28.7 Å². The van der Waals surface area contributed by atoms with E-state index in [1.54, 1.807) is 25.1 Å². The minimum atomic E-state index is -0.528. The summed E-state index contributed by atoms with van der Waals surface area (Å²) in [6.07, 6.45) is 6.91. The lowest BCUT2D eigenvalue weighted by atomic mass is 9.88. The topological polar surface area (TPSA) is 153 Å². The minimum Gasteiger partial charge on any atom is -0.421 e. The highest BCUT2D eigenvalue weighted by Gasteiger charge is 2.44. The zero-order valence-electron chi connectivity index (χ0n) is 25.4. The van der Waals surface area contributed by atoms with Crippen LogP contribution in [0.15, 0.2) is 50.2 Å². The summed E-state index contributed by atoms with van der Waals surface area (Å²) in [6.45, 7) is 4.14. The Balaban J connectivity index is 1.28. The molecule has 7 heterocycles. The molecule has 1 amide bonds. The van der Waals surface area contributed by atoms with Gasteiger partial charge in [0.15, 0.2) is 5.58 Å². The second kappa shape index (κ2) is 11.3. The Morgan fingerprint density at radius 2 is 1.89 bits per heavy atom. The number of fused-ring (bicyclic) bond motifs is 4. The number of amides is 1. The first kappa shape index (κ1) is 28.3. The molecular formula is C34H31N7O5. The molecule has 232 valence electrons. The lowest BCUT2D eigenvalue weighted by Gasteiger charge is -2.23. The fourth-order valence-electron chi connectivity index (χ4n) is 7.14. The highest BCUT2D eigenvalue weighted by atomic mass is 16.5. The van der Waals surface area contributed by atoms with Gasteiger partial charge in [0.05, 0.1) is 51.9 Å². The molecule has 3 aliphatic heterocycles. The van der Waals surface area contributed by atoms with Crippen LogP contribution < -0.4 is 5.76 Å². The highest BCUT2D eigenvalue weighted by Crippen LogP contribution is 2.48. The van der Waals surface area contributed by atoms with Crippen molar-refractivity contribution in [1.82, 2.24) is 29.6 Å². The fourth-order valence-corrected chi connectivity index (χ4v) is 7.14. The number of carbonyl (C=O) groups is 1. The van der Waals surface area contributed by atoms with E-state index in [4.69, 9.17) is 23.8 Å². The van der Waals surface area contributed by atoms with Gasteiger partial charge in [0, 0.05) is 38.4 Å². The van der Waals surface area contributed by atoms with Crippen molar-refractivity contribution in [3.05, 3.63) is 81.2 Å². The van der Waals surface area contributed by atoms with Crippen LogP contribution in [0.5, 0.6) is 0 Å². The van der Waals surface area contributed by atoms with E-state index in [1.165, 1.54) is 10.8 Å². The first-order chi connectivity index (χ1) is 22.5. The quantitative estimate of drug-likeness (QED) is 0.244. The van der Waals surface area contributed by atoms with Crippen molar-refractivity contribution in [1.29, 1.82) is 5.26 Å². The van der Waals surface area contributed by atoms with Crippen LogP contribution in [0, 0.1) is 24.2 Å². The molecule has 0 bridgehead atoms. The Kier molecular flexibility index (Phi) is 6.98. The lowest BCUT2D eigenvalue weighted by Crippen LogP contribution is -2.23. The Hall–Kier alpha value is -5.15. The van der Waals surface area contributed by atoms with Crippen LogP contribution in [0.1, 0.15) is 77.0 Å². The van der Waals surface area contributed by atoms with Crippen molar-refractivity contribution in [3.63, 3.8) is 0 Å². The number of oxazole rings is 1. The maximum absolute atomic E-state index is 14.0. The van der Waals surface area contributed by atoms with E-state index in [1.807, 2.05) is 17.0 Å². The van der Waals surface area contributed by atoms with Gasteiger partial charge in [-0.25, -0.2) is 4.79 Å². The molecule has 8 rings (SSSR count). The van der Waals surface area contributed by atoms with Crippen LogP contribution in [0.2, 0.25) is 0 Å². The summed E-state index contributed by atoms with van der Waals surface area (Å²) < 4.78 is 18.9. The SMILES string of the molecule is Cc1nnc(-c2c(CCC3CCOCC3)nc3c(c2-c2ccc4c(c2)oc(=O)n4Cc2ccc(C#N)cn2)C(=O)N2CCCC32)o1. The maximum atomic E-state index is 14.0. The number of ether oxygens (including phenoxy) is 1. The summed E-state index contributed by atoms with van der Waals surface area (Å²) in [4.78, 5) is 38.6. The van der Waals surface area contributed by atoms with Crippen LogP contribution in [0.4, 0.5) is 0 Å². The largest absolute Gasteiger partial charge is 0.421 e. The number of carbonyl (C=O) groups excluding carboxylic acids is 1. The number of hydrogen-bond donors (Lipinski definition) is 0. The molecule has 2 saturated heterocycles. The van der Waals surface area contributed by atoms with Crippen LogP contribution in [0.25, 0.3) is 33.7 Å². The summed E-state index contributed by atoms with van der Waals surface area (Å²) in [5.41, 5.74) is 6.25.